The van der Waals surface area contributed by atoms with Crippen LogP contribution in [0.2, 0.25) is 0 Å². The van der Waals surface area contributed by atoms with E-state index in [1.165, 1.54) is 16.4 Å². The molecule has 0 amide bonds. The van der Waals surface area contributed by atoms with Gasteiger partial charge in [0, 0.05) is 45.8 Å². The van der Waals surface area contributed by atoms with Crippen molar-refractivity contribution in [3.8, 4) is 5.75 Å². The Morgan fingerprint density at radius 2 is 1.58 bits per heavy atom. The van der Waals surface area contributed by atoms with Crippen LogP contribution in [0.5, 0.6) is 5.75 Å². The van der Waals surface area contributed by atoms with Crippen LogP contribution >= 0.6 is 0 Å². The molecule has 0 radical (unpaired) electrons. The number of piperazine rings is 1. The Bertz CT molecular complexity index is 657. The van der Waals surface area contributed by atoms with Gasteiger partial charge in [0.15, 0.2) is 0 Å². The lowest BCUT2D eigenvalue weighted by Crippen LogP contribution is -2.55. The largest absolute Gasteiger partial charge is 0.494 e. The Labute approximate surface area is 154 Å². The smallest absolute Gasteiger partial charge is 0.282 e. The SMILES string of the molecule is O=S(=O)(N1CCOCC1)N1CCN(CCCOc2ccc(F)cc2)CC1. The standard InChI is InChI=1S/C17H26FN3O4S/c18-16-2-4-17(5-3-16)25-13-1-6-19-7-9-20(10-8-19)26(22,23)21-11-14-24-15-12-21/h2-5H,1,6-15H2. The third kappa shape index (κ3) is 5.14. The Balaban J connectivity index is 1.36. The van der Waals surface area contributed by atoms with E-state index in [4.69, 9.17) is 9.47 Å². The monoisotopic (exact) mass is 387 g/mol. The number of hydrogen-bond acceptors (Lipinski definition) is 5. The fourth-order valence-corrected chi connectivity index (χ4v) is 4.70. The highest BCUT2D eigenvalue weighted by Crippen LogP contribution is 2.15. The summed E-state index contributed by atoms with van der Waals surface area (Å²) in [6.07, 6.45) is 0.841. The fourth-order valence-electron chi connectivity index (χ4n) is 3.13. The number of rotatable bonds is 7. The first kappa shape index (κ1) is 19.5. The molecule has 3 rings (SSSR count). The molecule has 1 aromatic rings. The van der Waals surface area contributed by atoms with Gasteiger partial charge in [0.25, 0.3) is 10.2 Å². The van der Waals surface area contributed by atoms with E-state index in [1.807, 2.05) is 0 Å². The van der Waals surface area contributed by atoms with Crippen LogP contribution in [0.1, 0.15) is 6.42 Å². The predicted octanol–water partition coefficient (Wildman–Crippen LogP) is 0.789. The molecule has 2 heterocycles. The minimum atomic E-state index is -3.37. The van der Waals surface area contributed by atoms with Crippen molar-refractivity contribution in [3.63, 3.8) is 0 Å². The van der Waals surface area contributed by atoms with Gasteiger partial charge >= 0.3 is 0 Å². The number of hydrogen-bond donors (Lipinski definition) is 0. The zero-order valence-corrected chi connectivity index (χ0v) is 15.7. The summed E-state index contributed by atoms with van der Waals surface area (Å²) in [5, 5.41) is 0. The van der Waals surface area contributed by atoms with Gasteiger partial charge in [0.2, 0.25) is 0 Å². The highest BCUT2D eigenvalue weighted by atomic mass is 32.2. The summed E-state index contributed by atoms with van der Waals surface area (Å²) in [5.41, 5.74) is 0. The van der Waals surface area contributed by atoms with E-state index in [0.717, 1.165) is 26.1 Å². The van der Waals surface area contributed by atoms with Gasteiger partial charge in [0.1, 0.15) is 11.6 Å². The first-order chi connectivity index (χ1) is 12.6. The van der Waals surface area contributed by atoms with Gasteiger partial charge in [-0.3, -0.25) is 0 Å². The van der Waals surface area contributed by atoms with Crippen LogP contribution in [0.3, 0.4) is 0 Å². The van der Waals surface area contributed by atoms with E-state index >= 15 is 0 Å². The maximum Gasteiger partial charge on any atom is 0.282 e. The number of benzene rings is 1. The van der Waals surface area contributed by atoms with Gasteiger partial charge in [-0.1, -0.05) is 0 Å². The van der Waals surface area contributed by atoms with Crippen LogP contribution in [0.4, 0.5) is 4.39 Å². The molecule has 0 spiro atoms. The molecule has 0 atom stereocenters. The van der Waals surface area contributed by atoms with Crippen molar-refractivity contribution < 1.29 is 22.3 Å². The van der Waals surface area contributed by atoms with Crippen molar-refractivity contribution >= 4 is 10.2 Å². The molecule has 9 heteroatoms. The van der Waals surface area contributed by atoms with Crippen molar-refractivity contribution in [3.05, 3.63) is 30.1 Å². The molecule has 2 fully saturated rings. The van der Waals surface area contributed by atoms with Crippen LogP contribution in [0.15, 0.2) is 24.3 Å². The average molecular weight is 387 g/mol. The van der Waals surface area contributed by atoms with Crippen LogP contribution in [-0.2, 0) is 14.9 Å². The van der Waals surface area contributed by atoms with E-state index in [-0.39, 0.29) is 5.82 Å². The van der Waals surface area contributed by atoms with E-state index < -0.39 is 10.2 Å². The maximum absolute atomic E-state index is 12.8. The second kappa shape index (κ2) is 9.09. The minimum absolute atomic E-state index is 0.276. The molecule has 0 N–H and O–H groups in total. The molecule has 0 saturated carbocycles. The molecule has 0 aromatic heterocycles. The van der Waals surface area contributed by atoms with Crippen LogP contribution in [0, 0.1) is 5.82 Å². The van der Waals surface area contributed by atoms with Gasteiger partial charge in [-0.15, -0.1) is 0 Å². The van der Waals surface area contributed by atoms with Gasteiger partial charge in [-0.05, 0) is 30.7 Å². The maximum atomic E-state index is 12.8. The summed E-state index contributed by atoms with van der Waals surface area (Å²) >= 11 is 0. The summed E-state index contributed by atoms with van der Waals surface area (Å²) in [7, 11) is -3.37. The summed E-state index contributed by atoms with van der Waals surface area (Å²) in [6, 6.07) is 5.99. The molecule has 1 aromatic carbocycles. The Hall–Kier alpha value is -1.26. The molecule has 0 bridgehead atoms. The van der Waals surface area contributed by atoms with Crippen LogP contribution < -0.4 is 4.74 Å². The molecule has 2 saturated heterocycles. The van der Waals surface area contributed by atoms with Crippen LogP contribution in [0.25, 0.3) is 0 Å². The van der Waals surface area contributed by atoms with Crippen molar-refractivity contribution in [1.29, 1.82) is 0 Å². The lowest BCUT2D eigenvalue weighted by atomic mass is 10.3. The Morgan fingerprint density at radius 3 is 2.23 bits per heavy atom. The first-order valence-electron chi connectivity index (χ1n) is 8.99. The van der Waals surface area contributed by atoms with Crippen molar-refractivity contribution in [2.45, 2.75) is 6.42 Å². The van der Waals surface area contributed by atoms with Gasteiger partial charge in [-0.25, -0.2) is 4.39 Å². The molecule has 2 aliphatic heterocycles. The highest BCUT2D eigenvalue weighted by molar-refractivity contribution is 7.86. The average Bonchev–Trinajstić information content (AvgIpc) is 2.68. The zero-order valence-electron chi connectivity index (χ0n) is 14.8. The van der Waals surface area contributed by atoms with E-state index in [9.17, 15) is 12.8 Å². The van der Waals surface area contributed by atoms with Crippen LogP contribution in [-0.4, -0.2) is 87.6 Å². The summed E-state index contributed by atoms with van der Waals surface area (Å²) in [6.45, 7) is 5.68. The topological polar surface area (TPSA) is 62.3 Å². The van der Waals surface area contributed by atoms with E-state index in [0.29, 0.717) is 51.7 Å². The molecular weight excluding hydrogens is 361 g/mol. The summed E-state index contributed by atoms with van der Waals surface area (Å²) < 4.78 is 52.0. The number of nitrogens with zero attached hydrogens (tertiary/aromatic N) is 3. The second-order valence-corrected chi connectivity index (χ2v) is 8.34. The third-order valence-corrected chi connectivity index (χ3v) is 6.69. The molecule has 7 nitrogen and oxygen atoms in total. The van der Waals surface area contributed by atoms with Gasteiger partial charge in [-0.2, -0.15) is 17.0 Å². The van der Waals surface area contributed by atoms with E-state index in [1.54, 1.807) is 16.4 Å². The van der Waals surface area contributed by atoms with E-state index in [2.05, 4.69) is 4.90 Å². The van der Waals surface area contributed by atoms with Crippen molar-refractivity contribution in [2.75, 3.05) is 65.6 Å². The number of halogens is 1. The quantitative estimate of drug-likeness (QED) is 0.648. The molecule has 26 heavy (non-hydrogen) atoms. The number of morpholine rings is 1. The second-order valence-electron chi connectivity index (χ2n) is 6.42. The Morgan fingerprint density at radius 1 is 0.962 bits per heavy atom. The van der Waals surface area contributed by atoms with Crippen molar-refractivity contribution in [2.24, 2.45) is 0 Å². The lowest BCUT2D eigenvalue weighted by Gasteiger charge is -2.37. The zero-order chi connectivity index (χ0) is 18.4. The summed E-state index contributed by atoms with van der Waals surface area (Å²) in [4.78, 5) is 2.25. The first-order valence-corrected chi connectivity index (χ1v) is 10.4. The third-order valence-electron chi connectivity index (χ3n) is 4.65. The van der Waals surface area contributed by atoms with Gasteiger partial charge in [0.05, 0.1) is 19.8 Å². The molecule has 146 valence electrons. The highest BCUT2D eigenvalue weighted by Gasteiger charge is 2.32. The molecule has 2 aliphatic rings. The predicted molar refractivity (Wildman–Crippen MR) is 95.8 cm³/mol. The number of ether oxygens (including phenoxy) is 2. The Kier molecular flexibility index (Phi) is 6.82. The lowest BCUT2D eigenvalue weighted by molar-refractivity contribution is 0.0684. The molecular formula is C17H26FN3O4S. The molecule has 0 aliphatic carbocycles. The van der Waals surface area contributed by atoms with Gasteiger partial charge < -0.3 is 14.4 Å². The fraction of sp³-hybridized carbons (Fsp3) is 0.647. The normalized spacial score (nSPS) is 21.0. The van der Waals surface area contributed by atoms with Crippen molar-refractivity contribution in [1.82, 2.24) is 13.5 Å². The molecule has 0 unspecified atom stereocenters. The summed E-state index contributed by atoms with van der Waals surface area (Å²) in [5.74, 6) is 0.384. The minimum Gasteiger partial charge on any atom is -0.494 e.